The number of rotatable bonds is 14. The molecule has 1 N–H and O–H groups in total. The van der Waals surface area contributed by atoms with Crippen LogP contribution in [0.1, 0.15) is 63.1 Å². The molecule has 0 aliphatic heterocycles. The maximum absolute atomic E-state index is 13.6. The topological polar surface area (TPSA) is 96.0 Å². The molecule has 0 radical (unpaired) electrons. The Balaban J connectivity index is 2.24. The van der Waals surface area contributed by atoms with Gasteiger partial charge in [-0.3, -0.25) is 13.9 Å². The second-order valence-corrected chi connectivity index (χ2v) is 11.7. The van der Waals surface area contributed by atoms with Crippen molar-refractivity contribution in [2.75, 3.05) is 24.2 Å². The summed E-state index contributed by atoms with van der Waals surface area (Å²) < 4.78 is 31.7. The molecule has 2 aromatic carbocycles. The van der Waals surface area contributed by atoms with Gasteiger partial charge < -0.3 is 15.0 Å². The Morgan fingerprint density at radius 1 is 1.00 bits per heavy atom. The summed E-state index contributed by atoms with van der Waals surface area (Å²) in [6.45, 7) is 10.2. The van der Waals surface area contributed by atoms with Gasteiger partial charge in [-0.25, -0.2) is 8.42 Å². The van der Waals surface area contributed by atoms with E-state index in [1.54, 1.807) is 18.1 Å². The Labute approximate surface area is 228 Å². The van der Waals surface area contributed by atoms with E-state index in [0.717, 1.165) is 23.1 Å². The highest BCUT2D eigenvalue weighted by Gasteiger charge is 2.29. The fourth-order valence-corrected chi connectivity index (χ4v) is 5.13. The van der Waals surface area contributed by atoms with Gasteiger partial charge >= 0.3 is 0 Å². The van der Waals surface area contributed by atoms with Gasteiger partial charge in [0, 0.05) is 25.6 Å². The standard InChI is InChI=1S/C29H43N3O5S/c1-8-23(5)30-29(34)27(9-2)31(20-24-13-16-26(37-6)17-14-24)28(33)11-10-18-32(38(7,35)36)25-15-12-21(3)22(4)19-25/h12-17,19,23,27H,8-11,18,20H2,1-7H3,(H,30,34)/t23-,27-/m1/s1. The fraction of sp³-hybridized carbons (Fsp3) is 0.517. The normalized spacial score (nSPS) is 12.9. The van der Waals surface area contributed by atoms with Crippen molar-refractivity contribution in [3.8, 4) is 5.75 Å². The Hall–Kier alpha value is -3.07. The molecule has 2 atom stereocenters. The van der Waals surface area contributed by atoms with Gasteiger partial charge in [0.2, 0.25) is 21.8 Å². The minimum Gasteiger partial charge on any atom is -0.497 e. The van der Waals surface area contributed by atoms with Crippen molar-refractivity contribution in [1.29, 1.82) is 0 Å². The van der Waals surface area contributed by atoms with Crippen molar-refractivity contribution in [2.24, 2.45) is 0 Å². The van der Waals surface area contributed by atoms with Crippen LogP contribution in [0.3, 0.4) is 0 Å². The summed E-state index contributed by atoms with van der Waals surface area (Å²) in [4.78, 5) is 28.3. The van der Waals surface area contributed by atoms with Crippen molar-refractivity contribution in [2.45, 2.75) is 78.9 Å². The third-order valence-corrected chi connectivity index (χ3v) is 8.02. The van der Waals surface area contributed by atoms with Crippen molar-refractivity contribution in [3.63, 3.8) is 0 Å². The molecule has 0 aliphatic rings. The highest BCUT2D eigenvalue weighted by Crippen LogP contribution is 2.23. The summed E-state index contributed by atoms with van der Waals surface area (Å²) in [5.74, 6) is 0.331. The fourth-order valence-electron chi connectivity index (χ4n) is 4.17. The van der Waals surface area contributed by atoms with Gasteiger partial charge in [-0.15, -0.1) is 0 Å². The molecule has 38 heavy (non-hydrogen) atoms. The van der Waals surface area contributed by atoms with Gasteiger partial charge in [0.15, 0.2) is 0 Å². The highest BCUT2D eigenvalue weighted by atomic mass is 32.2. The minimum atomic E-state index is -3.54. The molecule has 0 saturated heterocycles. The van der Waals surface area contributed by atoms with E-state index in [-0.39, 0.29) is 37.4 Å². The Bertz CT molecular complexity index is 1180. The number of carbonyl (C=O) groups is 2. The van der Waals surface area contributed by atoms with Crippen molar-refractivity contribution < 1.29 is 22.7 Å². The lowest BCUT2D eigenvalue weighted by Crippen LogP contribution is -2.50. The molecule has 0 saturated carbocycles. The molecule has 0 spiro atoms. The summed E-state index contributed by atoms with van der Waals surface area (Å²) in [5.41, 5.74) is 3.53. The molecule has 2 amide bonds. The number of sulfonamides is 1. The van der Waals surface area contributed by atoms with Crippen LogP contribution >= 0.6 is 0 Å². The molecule has 0 aliphatic carbocycles. The molecule has 0 unspecified atom stereocenters. The Kier molecular flexibility index (Phi) is 11.6. The summed E-state index contributed by atoms with van der Waals surface area (Å²) in [6.07, 6.45) is 2.85. The maximum atomic E-state index is 13.6. The second kappa shape index (κ2) is 14.2. The Morgan fingerprint density at radius 3 is 2.18 bits per heavy atom. The maximum Gasteiger partial charge on any atom is 0.243 e. The minimum absolute atomic E-state index is 0.00391. The smallest absolute Gasteiger partial charge is 0.243 e. The van der Waals surface area contributed by atoms with Gasteiger partial charge in [0.25, 0.3) is 0 Å². The van der Waals surface area contributed by atoms with E-state index in [9.17, 15) is 18.0 Å². The number of hydrogen-bond donors (Lipinski definition) is 1. The quantitative estimate of drug-likeness (QED) is 0.375. The van der Waals surface area contributed by atoms with E-state index < -0.39 is 16.1 Å². The van der Waals surface area contributed by atoms with E-state index >= 15 is 0 Å². The van der Waals surface area contributed by atoms with Crippen molar-refractivity contribution in [3.05, 3.63) is 59.2 Å². The van der Waals surface area contributed by atoms with Crippen molar-refractivity contribution >= 4 is 27.5 Å². The zero-order valence-electron chi connectivity index (χ0n) is 23.8. The average molecular weight is 546 g/mol. The van der Waals surface area contributed by atoms with E-state index in [4.69, 9.17) is 4.74 Å². The molecule has 8 nitrogen and oxygen atoms in total. The average Bonchev–Trinajstić information content (AvgIpc) is 2.87. The predicted octanol–water partition coefficient (Wildman–Crippen LogP) is 4.58. The van der Waals surface area contributed by atoms with Crippen LogP contribution in [0.4, 0.5) is 5.69 Å². The zero-order chi connectivity index (χ0) is 28.5. The van der Waals surface area contributed by atoms with Crippen LogP contribution in [-0.4, -0.2) is 57.1 Å². The van der Waals surface area contributed by atoms with Crippen LogP contribution in [-0.2, 0) is 26.2 Å². The first-order chi connectivity index (χ1) is 17.9. The number of aryl methyl sites for hydroxylation is 2. The number of ether oxygens (including phenoxy) is 1. The number of nitrogens with one attached hydrogen (secondary N) is 1. The van der Waals surface area contributed by atoms with Gasteiger partial charge in [-0.1, -0.05) is 32.0 Å². The lowest BCUT2D eigenvalue weighted by Gasteiger charge is -2.32. The van der Waals surface area contributed by atoms with Gasteiger partial charge in [-0.2, -0.15) is 0 Å². The van der Waals surface area contributed by atoms with Gasteiger partial charge in [-0.05, 0) is 81.0 Å². The van der Waals surface area contributed by atoms with Gasteiger partial charge in [0.1, 0.15) is 11.8 Å². The van der Waals surface area contributed by atoms with Crippen LogP contribution in [0.2, 0.25) is 0 Å². The van der Waals surface area contributed by atoms with Crippen LogP contribution in [0, 0.1) is 13.8 Å². The summed E-state index contributed by atoms with van der Waals surface area (Å²) in [5, 5.41) is 3.01. The number of nitrogens with zero attached hydrogens (tertiary/aromatic N) is 2. The monoisotopic (exact) mass is 545 g/mol. The molecule has 0 fully saturated rings. The first-order valence-corrected chi connectivity index (χ1v) is 15.0. The first-order valence-electron chi connectivity index (χ1n) is 13.2. The largest absolute Gasteiger partial charge is 0.497 e. The predicted molar refractivity (Wildman–Crippen MR) is 153 cm³/mol. The number of anilines is 1. The van der Waals surface area contributed by atoms with E-state index in [0.29, 0.717) is 24.3 Å². The van der Waals surface area contributed by atoms with Crippen LogP contribution < -0.4 is 14.4 Å². The number of carbonyl (C=O) groups excluding carboxylic acids is 2. The molecule has 0 bridgehead atoms. The molecule has 2 aromatic rings. The molecule has 9 heteroatoms. The number of methoxy groups -OCH3 is 1. The lowest BCUT2D eigenvalue weighted by atomic mass is 10.1. The SMILES string of the molecule is CC[C@@H](C)NC(=O)[C@@H](CC)N(Cc1ccc(OC)cc1)C(=O)CCCN(c1ccc(C)c(C)c1)S(C)(=O)=O. The number of benzene rings is 2. The lowest BCUT2D eigenvalue weighted by molar-refractivity contribution is -0.141. The van der Waals surface area contributed by atoms with Crippen LogP contribution in [0.5, 0.6) is 5.75 Å². The number of amides is 2. The van der Waals surface area contributed by atoms with Gasteiger partial charge in [0.05, 0.1) is 19.1 Å². The molecule has 210 valence electrons. The van der Waals surface area contributed by atoms with Crippen LogP contribution in [0.15, 0.2) is 42.5 Å². The zero-order valence-corrected chi connectivity index (χ0v) is 24.6. The first kappa shape index (κ1) is 31.1. The van der Waals surface area contributed by atoms with E-state index in [1.165, 1.54) is 10.6 Å². The van der Waals surface area contributed by atoms with E-state index in [1.807, 2.05) is 71.0 Å². The van der Waals surface area contributed by atoms with E-state index in [2.05, 4.69) is 5.32 Å². The highest BCUT2D eigenvalue weighted by molar-refractivity contribution is 7.92. The summed E-state index contributed by atoms with van der Waals surface area (Å²) in [6, 6.07) is 12.3. The summed E-state index contributed by atoms with van der Waals surface area (Å²) >= 11 is 0. The molecule has 0 aromatic heterocycles. The number of hydrogen-bond acceptors (Lipinski definition) is 5. The Morgan fingerprint density at radius 2 is 1.66 bits per heavy atom. The molecular formula is C29H43N3O5S. The third kappa shape index (κ3) is 8.75. The second-order valence-electron chi connectivity index (χ2n) is 9.82. The molecule has 2 rings (SSSR count). The molecule has 0 heterocycles. The van der Waals surface area contributed by atoms with Crippen molar-refractivity contribution in [1.82, 2.24) is 10.2 Å². The third-order valence-electron chi connectivity index (χ3n) is 6.83. The summed E-state index contributed by atoms with van der Waals surface area (Å²) in [7, 11) is -1.95. The molecular weight excluding hydrogens is 502 g/mol. The van der Waals surface area contributed by atoms with Crippen LogP contribution in [0.25, 0.3) is 0 Å².